The second-order valence-corrected chi connectivity index (χ2v) is 6.04. The summed E-state index contributed by atoms with van der Waals surface area (Å²) in [4.78, 5) is 23.0. The van der Waals surface area contributed by atoms with Crippen LogP contribution in [0.2, 0.25) is 10.0 Å². The molecule has 2 rings (SSSR count). The van der Waals surface area contributed by atoms with Gasteiger partial charge in [-0.15, -0.1) is 0 Å². The summed E-state index contributed by atoms with van der Waals surface area (Å²) in [5.74, 6) is -0.732. The number of benzene rings is 1. The molecule has 1 aliphatic rings. The van der Waals surface area contributed by atoms with Crippen molar-refractivity contribution < 1.29 is 19.4 Å². The van der Waals surface area contributed by atoms with E-state index in [1.807, 2.05) is 13.8 Å². The molecule has 4 nitrogen and oxygen atoms in total. The van der Waals surface area contributed by atoms with E-state index in [0.717, 1.165) is 12.0 Å². The molecular formula is C15H16Cl2O4. The van der Waals surface area contributed by atoms with Crippen LogP contribution in [0.4, 0.5) is 0 Å². The molecule has 2 atom stereocenters. The van der Waals surface area contributed by atoms with Crippen molar-refractivity contribution in [2.45, 2.75) is 26.7 Å². The van der Waals surface area contributed by atoms with Gasteiger partial charge in [-0.1, -0.05) is 43.5 Å². The smallest absolute Gasteiger partial charge is 0.341 e. The van der Waals surface area contributed by atoms with Gasteiger partial charge in [0.1, 0.15) is 10.8 Å². The van der Waals surface area contributed by atoms with Crippen molar-refractivity contribution in [1.29, 1.82) is 0 Å². The molecule has 0 amide bonds. The number of hydrogen-bond acceptors (Lipinski definition) is 3. The third-order valence-electron chi connectivity index (χ3n) is 3.96. The summed E-state index contributed by atoms with van der Waals surface area (Å²) in [6, 6.07) is 1.63. The third-order valence-corrected chi connectivity index (χ3v) is 4.81. The maximum absolute atomic E-state index is 12.5. The van der Waals surface area contributed by atoms with Crippen molar-refractivity contribution in [3.63, 3.8) is 0 Å². The zero-order valence-electron chi connectivity index (χ0n) is 11.8. The quantitative estimate of drug-likeness (QED) is 0.890. The van der Waals surface area contributed by atoms with E-state index >= 15 is 0 Å². The number of carboxylic acid groups (broad SMARTS) is 1. The van der Waals surface area contributed by atoms with Crippen LogP contribution >= 0.6 is 23.2 Å². The number of carbonyl (C=O) groups is 2. The average molecular weight is 331 g/mol. The Kier molecular flexibility index (Phi) is 4.79. The first-order chi connectivity index (χ1) is 9.86. The molecule has 2 unspecified atom stereocenters. The van der Waals surface area contributed by atoms with Crippen LogP contribution in [0.15, 0.2) is 6.07 Å². The summed E-state index contributed by atoms with van der Waals surface area (Å²) in [5.41, 5.74) is 1.23. The van der Waals surface area contributed by atoms with Gasteiger partial charge in [0.2, 0.25) is 0 Å². The molecule has 1 aromatic rings. The van der Waals surface area contributed by atoms with Crippen molar-refractivity contribution in [1.82, 2.24) is 0 Å². The number of rotatable bonds is 5. The first-order valence-electron chi connectivity index (χ1n) is 6.76. The summed E-state index contributed by atoms with van der Waals surface area (Å²) in [6.45, 7) is 3.57. The van der Waals surface area contributed by atoms with Gasteiger partial charge in [0.05, 0.1) is 5.02 Å². The second-order valence-electron chi connectivity index (χ2n) is 5.28. The SMILES string of the molecule is CCC(C)C1Cc2cc(OCC(=O)O)c(Cl)c(Cl)c2C1=O. The predicted octanol–water partition coefficient (Wildman–Crippen LogP) is 3.86. The van der Waals surface area contributed by atoms with E-state index in [-0.39, 0.29) is 33.4 Å². The third kappa shape index (κ3) is 3.01. The number of carboxylic acids is 1. The molecule has 0 saturated heterocycles. The van der Waals surface area contributed by atoms with E-state index in [0.29, 0.717) is 12.0 Å². The average Bonchev–Trinajstić information content (AvgIpc) is 2.77. The Bertz CT molecular complexity index is 598. The fourth-order valence-corrected chi connectivity index (χ4v) is 3.09. The molecule has 0 aromatic heterocycles. The van der Waals surface area contributed by atoms with Gasteiger partial charge in [0.15, 0.2) is 12.4 Å². The number of fused-ring (bicyclic) bond motifs is 1. The molecule has 21 heavy (non-hydrogen) atoms. The molecule has 0 bridgehead atoms. The minimum Gasteiger partial charge on any atom is -0.480 e. The van der Waals surface area contributed by atoms with Crippen molar-refractivity contribution in [2.75, 3.05) is 6.61 Å². The summed E-state index contributed by atoms with van der Waals surface area (Å²) in [6.07, 6.45) is 1.49. The normalized spacial score (nSPS) is 18.5. The predicted molar refractivity (Wildman–Crippen MR) is 80.6 cm³/mol. The van der Waals surface area contributed by atoms with E-state index in [4.69, 9.17) is 33.0 Å². The Morgan fingerprint density at radius 1 is 1.48 bits per heavy atom. The minimum atomic E-state index is -1.10. The first-order valence-corrected chi connectivity index (χ1v) is 7.52. The molecule has 1 N–H and O–H groups in total. The van der Waals surface area contributed by atoms with Crippen LogP contribution < -0.4 is 4.74 Å². The Hall–Kier alpha value is -1.26. The van der Waals surface area contributed by atoms with Gasteiger partial charge < -0.3 is 9.84 Å². The lowest BCUT2D eigenvalue weighted by molar-refractivity contribution is -0.139. The molecule has 0 heterocycles. The first kappa shape index (κ1) is 16.1. The van der Waals surface area contributed by atoms with Crippen LogP contribution in [0.5, 0.6) is 5.75 Å². The maximum Gasteiger partial charge on any atom is 0.341 e. The number of Topliss-reactive ketones (excluding diaryl/α,β-unsaturated/α-hetero) is 1. The van der Waals surface area contributed by atoms with E-state index in [2.05, 4.69) is 0 Å². The molecule has 0 fully saturated rings. The lowest BCUT2D eigenvalue weighted by Crippen LogP contribution is -2.17. The molecule has 1 aromatic carbocycles. The van der Waals surface area contributed by atoms with Crippen LogP contribution in [-0.2, 0) is 11.2 Å². The monoisotopic (exact) mass is 330 g/mol. The number of ether oxygens (including phenoxy) is 1. The molecule has 6 heteroatoms. The van der Waals surface area contributed by atoms with Gasteiger partial charge in [-0.2, -0.15) is 0 Å². The Labute approximate surface area is 133 Å². The van der Waals surface area contributed by atoms with Crippen LogP contribution in [0.3, 0.4) is 0 Å². The largest absolute Gasteiger partial charge is 0.480 e. The Morgan fingerprint density at radius 3 is 2.71 bits per heavy atom. The van der Waals surface area contributed by atoms with Crippen LogP contribution in [0.1, 0.15) is 36.2 Å². The Balaban J connectivity index is 2.38. The fraction of sp³-hybridized carbons (Fsp3) is 0.467. The number of carbonyl (C=O) groups excluding carboxylic acids is 1. The number of halogens is 2. The van der Waals surface area contributed by atoms with E-state index < -0.39 is 12.6 Å². The lowest BCUT2D eigenvalue weighted by Gasteiger charge is -2.14. The Morgan fingerprint density at radius 2 is 2.14 bits per heavy atom. The van der Waals surface area contributed by atoms with Gasteiger partial charge in [0.25, 0.3) is 0 Å². The highest BCUT2D eigenvalue weighted by atomic mass is 35.5. The lowest BCUT2D eigenvalue weighted by atomic mass is 9.89. The number of ketones is 1. The van der Waals surface area contributed by atoms with Crippen molar-refractivity contribution in [3.05, 3.63) is 27.2 Å². The highest BCUT2D eigenvalue weighted by Crippen LogP contribution is 2.44. The molecule has 0 aliphatic heterocycles. The molecule has 1 aliphatic carbocycles. The van der Waals surface area contributed by atoms with Gasteiger partial charge in [0, 0.05) is 11.5 Å². The highest BCUT2D eigenvalue weighted by molar-refractivity contribution is 6.45. The minimum absolute atomic E-state index is 0.0102. The fourth-order valence-electron chi connectivity index (χ4n) is 2.58. The van der Waals surface area contributed by atoms with Crippen LogP contribution in [0, 0.1) is 11.8 Å². The topological polar surface area (TPSA) is 63.6 Å². The van der Waals surface area contributed by atoms with Gasteiger partial charge >= 0.3 is 5.97 Å². The molecule has 114 valence electrons. The van der Waals surface area contributed by atoms with Crippen molar-refractivity contribution >= 4 is 35.0 Å². The summed E-state index contributed by atoms with van der Waals surface area (Å²) in [7, 11) is 0. The summed E-state index contributed by atoms with van der Waals surface area (Å²) >= 11 is 12.3. The second kappa shape index (κ2) is 6.24. The standard InChI is InChI=1S/C15H16Cl2O4/c1-3-7(2)9-4-8-5-10(21-6-11(18)19)13(16)14(17)12(8)15(9)20/h5,7,9H,3-4,6H2,1-2H3,(H,18,19). The van der Waals surface area contributed by atoms with E-state index in [1.54, 1.807) is 6.07 Å². The van der Waals surface area contributed by atoms with Gasteiger partial charge in [-0.3, -0.25) is 4.79 Å². The van der Waals surface area contributed by atoms with E-state index in [9.17, 15) is 9.59 Å². The number of hydrogen-bond donors (Lipinski definition) is 1. The molecule has 0 radical (unpaired) electrons. The van der Waals surface area contributed by atoms with Gasteiger partial charge in [-0.05, 0) is 24.0 Å². The zero-order valence-corrected chi connectivity index (χ0v) is 13.3. The summed E-state index contributed by atoms with van der Waals surface area (Å²) < 4.78 is 5.13. The molecular weight excluding hydrogens is 315 g/mol. The molecule has 0 spiro atoms. The summed E-state index contributed by atoms with van der Waals surface area (Å²) in [5, 5.41) is 8.91. The van der Waals surface area contributed by atoms with Gasteiger partial charge in [-0.25, -0.2) is 4.79 Å². The van der Waals surface area contributed by atoms with E-state index in [1.165, 1.54) is 0 Å². The highest BCUT2D eigenvalue weighted by Gasteiger charge is 2.37. The van der Waals surface area contributed by atoms with Crippen LogP contribution in [0.25, 0.3) is 0 Å². The zero-order chi connectivity index (χ0) is 15.7. The van der Waals surface area contributed by atoms with Crippen molar-refractivity contribution in [3.8, 4) is 5.75 Å². The molecule has 0 saturated carbocycles. The van der Waals surface area contributed by atoms with Crippen LogP contribution in [-0.4, -0.2) is 23.5 Å². The van der Waals surface area contributed by atoms with Crippen molar-refractivity contribution in [2.24, 2.45) is 11.8 Å². The maximum atomic E-state index is 12.5. The number of aliphatic carboxylic acids is 1.